The number of rotatable bonds is 9. The maximum absolute atomic E-state index is 12.1. The zero-order chi connectivity index (χ0) is 19.6. The van der Waals surface area contributed by atoms with Crippen LogP contribution in [0.3, 0.4) is 0 Å². The molecule has 1 aromatic heterocycles. The predicted molar refractivity (Wildman–Crippen MR) is 103 cm³/mol. The number of aromatic nitrogens is 2. The third-order valence-corrected chi connectivity index (χ3v) is 3.88. The van der Waals surface area contributed by atoms with Gasteiger partial charge >= 0.3 is 0 Å². The number of guanidine groups is 1. The maximum Gasteiger partial charge on any atom is 0.269 e. The molecule has 1 amide bonds. The second-order valence-corrected chi connectivity index (χ2v) is 6.06. The third kappa shape index (κ3) is 6.90. The Bertz CT molecular complexity index is 833. The lowest BCUT2D eigenvalue weighted by Crippen LogP contribution is -2.45. The number of nitrogens with two attached hydrogens (primary N) is 1. The van der Waals surface area contributed by atoms with E-state index < -0.39 is 0 Å². The van der Waals surface area contributed by atoms with Crippen LogP contribution in [0.5, 0.6) is 0 Å². The number of carbonyl (C=O) groups is 1. The van der Waals surface area contributed by atoms with Crippen LogP contribution in [0, 0.1) is 12.3 Å². The summed E-state index contributed by atoms with van der Waals surface area (Å²) in [6.07, 6.45) is 1.30. The van der Waals surface area contributed by atoms with Crippen LogP contribution in [-0.2, 0) is 24.1 Å². The number of hydrogen-bond acceptors (Lipinski definition) is 5. The topological polar surface area (TPSA) is 149 Å². The summed E-state index contributed by atoms with van der Waals surface area (Å²) in [7, 11) is 0. The second-order valence-electron chi connectivity index (χ2n) is 6.06. The molecule has 1 aromatic carbocycles. The molecule has 0 fully saturated rings. The first-order chi connectivity index (χ1) is 13.0. The lowest BCUT2D eigenvalue weighted by molar-refractivity contribution is -0.120. The van der Waals surface area contributed by atoms with Gasteiger partial charge in [0.25, 0.3) is 5.56 Å². The van der Waals surface area contributed by atoms with Crippen LogP contribution in [0.25, 0.3) is 0 Å². The van der Waals surface area contributed by atoms with Gasteiger partial charge in [0.15, 0.2) is 5.96 Å². The average molecular weight is 371 g/mol. The molecule has 0 aliphatic carbocycles. The summed E-state index contributed by atoms with van der Waals surface area (Å²) in [6, 6.07) is 9.87. The minimum absolute atomic E-state index is 0.0844. The minimum atomic E-state index is -0.216. The van der Waals surface area contributed by atoms with E-state index in [4.69, 9.17) is 11.1 Å². The van der Waals surface area contributed by atoms with Crippen molar-refractivity contribution in [3.05, 3.63) is 63.3 Å². The minimum Gasteiger partial charge on any atom is -0.369 e. The Morgan fingerprint density at radius 2 is 1.93 bits per heavy atom. The lowest BCUT2D eigenvalue weighted by Gasteiger charge is -2.10. The number of amides is 1. The van der Waals surface area contributed by atoms with E-state index in [0.717, 1.165) is 5.56 Å². The van der Waals surface area contributed by atoms with Crippen LogP contribution in [0.2, 0.25) is 0 Å². The number of H-pyrrole nitrogens is 1. The molecule has 0 unspecified atom stereocenters. The molecule has 0 spiro atoms. The van der Waals surface area contributed by atoms with Crippen molar-refractivity contribution in [1.82, 2.24) is 26.1 Å². The van der Waals surface area contributed by atoms with Crippen LogP contribution in [0.4, 0.5) is 0 Å². The summed E-state index contributed by atoms with van der Waals surface area (Å²) >= 11 is 0. The highest BCUT2D eigenvalue weighted by Gasteiger charge is 2.12. The summed E-state index contributed by atoms with van der Waals surface area (Å²) in [5.74, 6) is -0.395. The first kappa shape index (κ1) is 20.1. The number of hydrazine groups is 1. The number of aromatic amines is 1. The van der Waals surface area contributed by atoms with Gasteiger partial charge in [0.05, 0.1) is 12.1 Å². The first-order valence-electron chi connectivity index (χ1n) is 8.68. The summed E-state index contributed by atoms with van der Waals surface area (Å²) < 4.78 is 0. The largest absolute Gasteiger partial charge is 0.369 e. The van der Waals surface area contributed by atoms with Gasteiger partial charge in [0.1, 0.15) is 5.69 Å². The van der Waals surface area contributed by atoms with Gasteiger partial charge in [-0.25, -0.2) is 10.4 Å². The van der Waals surface area contributed by atoms with Crippen LogP contribution in [0.15, 0.2) is 35.1 Å². The van der Waals surface area contributed by atoms with E-state index in [1.165, 1.54) is 0 Å². The lowest BCUT2D eigenvalue weighted by atomic mass is 10.1. The maximum atomic E-state index is 12.1. The summed E-state index contributed by atoms with van der Waals surface area (Å²) in [4.78, 5) is 31.4. The zero-order valence-corrected chi connectivity index (χ0v) is 15.3. The fourth-order valence-electron chi connectivity index (χ4n) is 2.50. The van der Waals surface area contributed by atoms with E-state index in [-0.39, 0.29) is 23.8 Å². The number of nitrogens with one attached hydrogen (secondary N) is 5. The van der Waals surface area contributed by atoms with Crippen molar-refractivity contribution in [2.75, 3.05) is 13.1 Å². The molecule has 27 heavy (non-hydrogen) atoms. The summed E-state index contributed by atoms with van der Waals surface area (Å²) in [5, 5.41) is 9.73. The molecule has 1 heterocycles. The molecule has 0 saturated carbocycles. The Hall–Kier alpha value is -3.20. The van der Waals surface area contributed by atoms with Gasteiger partial charge in [0, 0.05) is 18.8 Å². The molecule has 0 saturated heterocycles. The number of hydrogen-bond donors (Lipinski definition) is 6. The van der Waals surface area contributed by atoms with E-state index >= 15 is 0 Å². The highest BCUT2D eigenvalue weighted by atomic mass is 16.1. The molecule has 0 bridgehead atoms. The van der Waals surface area contributed by atoms with Crippen molar-refractivity contribution in [3.63, 3.8) is 0 Å². The van der Waals surface area contributed by atoms with Crippen molar-refractivity contribution in [2.24, 2.45) is 5.73 Å². The number of carbonyl (C=O) groups excluding carboxylic acids is 1. The van der Waals surface area contributed by atoms with E-state index in [2.05, 4.69) is 26.1 Å². The highest BCUT2D eigenvalue weighted by Crippen LogP contribution is 2.06. The molecule has 9 nitrogen and oxygen atoms in total. The fraction of sp³-hybridized carbons (Fsp3) is 0.333. The smallest absolute Gasteiger partial charge is 0.269 e. The first-order valence-corrected chi connectivity index (χ1v) is 8.68. The molecule has 7 N–H and O–H groups in total. The molecule has 2 rings (SSSR count). The highest BCUT2D eigenvalue weighted by molar-refractivity contribution is 5.78. The number of benzene rings is 1. The Balaban J connectivity index is 1.91. The number of nitrogens with zero attached hydrogens (tertiary/aromatic N) is 1. The summed E-state index contributed by atoms with van der Waals surface area (Å²) in [6.45, 7) is 2.50. The Kier molecular flexibility index (Phi) is 7.50. The molecule has 0 radical (unpaired) electrons. The Morgan fingerprint density at radius 1 is 1.19 bits per heavy atom. The van der Waals surface area contributed by atoms with Crippen LogP contribution < -0.4 is 27.5 Å². The average Bonchev–Trinajstić information content (AvgIpc) is 2.63. The van der Waals surface area contributed by atoms with Gasteiger partial charge in [0.2, 0.25) is 5.91 Å². The van der Waals surface area contributed by atoms with Crippen molar-refractivity contribution in [3.8, 4) is 0 Å². The second kappa shape index (κ2) is 10.1. The molecule has 0 atom stereocenters. The van der Waals surface area contributed by atoms with E-state index in [1.54, 1.807) is 6.92 Å². The third-order valence-electron chi connectivity index (χ3n) is 3.88. The van der Waals surface area contributed by atoms with Gasteiger partial charge in [-0.1, -0.05) is 30.3 Å². The van der Waals surface area contributed by atoms with E-state index in [9.17, 15) is 9.59 Å². The molecule has 0 aliphatic rings. The van der Waals surface area contributed by atoms with Gasteiger partial charge in [-0.2, -0.15) is 0 Å². The monoisotopic (exact) mass is 371 g/mol. The van der Waals surface area contributed by atoms with Gasteiger partial charge in [-0.05, 0) is 25.3 Å². The predicted octanol–water partition coefficient (Wildman–Crippen LogP) is -0.490. The molecule has 0 aliphatic heterocycles. The van der Waals surface area contributed by atoms with Crippen molar-refractivity contribution in [2.45, 2.75) is 26.2 Å². The fourth-order valence-corrected chi connectivity index (χ4v) is 2.50. The Labute approximate surface area is 157 Å². The molecular formula is C18H25N7O2. The Morgan fingerprint density at radius 3 is 2.63 bits per heavy atom. The summed E-state index contributed by atoms with van der Waals surface area (Å²) in [5.41, 5.74) is 12.7. The van der Waals surface area contributed by atoms with E-state index in [1.807, 2.05) is 30.3 Å². The van der Waals surface area contributed by atoms with Gasteiger partial charge in [-0.15, -0.1) is 0 Å². The van der Waals surface area contributed by atoms with Gasteiger partial charge < -0.3 is 16.0 Å². The SMILES string of the molecule is Cc1[nH]c(=O)c(CCc2ccccc2)nc1CC(=O)NCCNNC(=N)N. The standard InChI is InChI=1S/C18H25N7O2/c1-12-15(11-16(26)21-9-10-22-25-18(19)20)24-14(17(27)23-12)8-7-13-5-3-2-4-6-13/h2-6,22H,7-11H2,1H3,(H,21,26)(H,23,27)(H4,19,20,25). The van der Waals surface area contributed by atoms with Crippen molar-refractivity contribution < 1.29 is 4.79 Å². The van der Waals surface area contributed by atoms with Gasteiger partial charge in [-0.3, -0.25) is 20.4 Å². The molecule has 9 heteroatoms. The molecule has 2 aromatic rings. The van der Waals surface area contributed by atoms with Crippen LogP contribution >= 0.6 is 0 Å². The van der Waals surface area contributed by atoms with Crippen LogP contribution in [0.1, 0.15) is 22.6 Å². The van der Waals surface area contributed by atoms with Crippen LogP contribution in [-0.4, -0.2) is 34.9 Å². The quantitative estimate of drug-likeness (QED) is 0.152. The molecule has 144 valence electrons. The molecular weight excluding hydrogens is 346 g/mol. The van der Waals surface area contributed by atoms with Crippen molar-refractivity contribution >= 4 is 11.9 Å². The van der Waals surface area contributed by atoms with Crippen molar-refractivity contribution in [1.29, 1.82) is 5.41 Å². The van der Waals surface area contributed by atoms with E-state index in [0.29, 0.717) is 43.0 Å². The number of aryl methyl sites for hydroxylation is 3. The zero-order valence-electron chi connectivity index (χ0n) is 15.3. The normalized spacial score (nSPS) is 10.4.